The van der Waals surface area contributed by atoms with Crippen LogP contribution >= 0.6 is 11.3 Å². The lowest BCUT2D eigenvalue weighted by Crippen LogP contribution is -2.47. The standard InChI is InChI=1S/C15H18N2OS/c1-15(17-14(18)11-16,13-8-5-9-19-13)10-12-6-3-2-4-7-12/h2-9H,10-11,16H2,1H3,(H,17,18). The van der Waals surface area contributed by atoms with E-state index >= 15 is 0 Å². The summed E-state index contributed by atoms with van der Waals surface area (Å²) in [5.74, 6) is -0.133. The van der Waals surface area contributed by atoms with Gasteiger partial charge in [0.2, 0.25) is 5.91 Å². The molecule has 1 atom stereocenters. The molecular weight excluding hydrogens is 256 g/mol. The predicted molar refractivity (Wildman–Crippen MR) is 79.0 cm³/mol. The molecule has 0 fully saturated rings. The number of rotatable bonds is 5. The molecule has 1 aromatic heterocycles. The van der Waals surface area contributed by atoms with Crippen molar-refractivity contribution in [1.29, 1.82) is 0 Å². The number of hydrogen-bond acceptors (Lipinski definition) is 3. The quantitative estimate of drug-likeness (QED) is 0.879. The third-order valence-corrected chi connectivity index (χ3v) is 4.20. The SMILES string of the molecule is CC(Cc1ccccc1)(NC(=O)CN)c1cccs1. The van der Waals surface area contributed by atoms with Crippen LogP contribution in [0.25, 0.3) is 0 Å². The van der Waals surface area contributed by atoms with Gasteiger partial charge < -0.3 is 11.1 Å². The summed E-state index contributed by atoms with van der Waals surface area (Å²) in [7, 11) is 0. The lowest BCUT2D eigenvalue weighted by atomic mass is 9.91. The van der Waals surface area contributed by atoms with Gasteiger partial charge in [-0.05, 0) is 23.9 Å². The topological polar surface area (TPSA) is 55.1 Å². The molecule has 100 valence electrons. The highest BCUT2D eigenvalue weighted by atomic mass is 32.1. The highest BCUT2D eigenvalue weighted by molar-refractivity contribution is 7.10. The number of nitrogens with two attached hydrogens (primary N) is 1. The average Bonchev–Trinajstić information content (AvgIpc) is 2.94. The minimum absolute atomic E-state index is 0.00968. The minimum atomic E-state index is -0.411. The van der Waals surface area contributed by atoms with Crippen molar-refractivity contribution in [3.05, 3.63) is 58.3 Å². The largest absolute Gasteiger partial charge is 0.345 e. The summed E-state index contributed by atoms with van der Waals surface area (Å²) in [5, 5.41) is 5.06. The van der Waals surface area contributed by atoms with Crippen LogP contribution < -0.4 is 11.1 Å². The Hall–Kier alpha value is -1.65. The van der Waals surface area contributed by atoms with Gasteiger partial charge in [0.1, 0.15) is 0 Å². The molecule has 0 bridgehead atoms. The summed E-state index contributed by atoms with van der Waals surface area (Å²) < 4.78 is 0. The van der Waals surface area contributed by atoms with E-state index in [4.69, 9.17) is 5.73 Å². The second-order valence-electron chi connectivity index (χ2n) is 4.72. The van der Waals surface area contributed by atoms with Crippen molar-refractivity contribution in [2.24, 2.45) is 5.73 Å². The molecule has 0 aliphatic rings. The molecule has 1 amide bonds. The fourth-order valence-corrected chi connectivity index (χ4v) is 2.99. The molecule has 1 unspecified atom stereocenters. The molecule has 3 N–H and O–H groups in total. The summed E-state index contributed by atoms with van der Waals surface area (Å²) in [6, 6.07) is 14.2. The number of carbonyl (C=O) groups excluding carboxylic acids is 1. The predicted octanol–water partition coefficient (Wildman–Crippen LogP) is 2.28. The molecule has 0 aliphatic heterocycles. The van der Waals surface area contributed by atoms with Crippen molar-refractivity contribution >= 4 is 17.2 Å². The highest BCUT2D eigenvalue weighted by Crippen LogP contribution is 2.29. The zero-order valence-corrected chi connectivity index (χ0v) is 11.7. The zero-order valence-electron chi connectivity index (χ0n) is 10.9. The Labute approximate surface area is 117 Å². The summed E-state index contributed by atoms with van der Waals surface area (Å²) in [5.41, 5.74) is 6.20. The molecule has 2 rings (SSSR count). The van der Waals surface area contributed by atoms with Crippen molar-refractivity contribution in [3.8, 4) is 0 Å². The number of amides is 1. The molecule has 1 aromatic carbocycles. The first kappa shape index (κ1) is 13.8. The first-order valence-corrected chi connectivity index (χ1v) is 7.11. The van der Waals surface area contributed by atoms with Crippen LogP contribution in [0.15, 0.2) is 47.8 Å². The molecule has 2 aromatic rings. The van der Waals surface area contributed by atoms with E-state index in [0.717, 1.165) is 11.3 Å². The van der Waals surface area contributed by atoms with Gasteiger partial charge in [-0.1, -0.05) is 36.4 Å². The second kappa shape index (κ2) is 5.99. The van der Waals surface area contributed by atoms with Crippen LogP contribution in [0.3, 0.4) is 0 Å². The Bertz CT molecular complexity index is 524. The maximum absolute atomic E-state index is 11.7. The number of nitrogens with one attached hydrogen (secondary N) is 1. The third-order valence-electron chi connectivity index (χ3n) is 3.07. The lowest BCUT2D eigenvalue weighted by molar-refractivity contribution is -0.121. The van der Waals surface area contributed by atoms with Crippen molar-refractivity contribution < 1.29 is 4.79 Å². The Morgan fingerprint density at radius 2 is 2.00 bits per heavy atom. The Kier molecular flexibility index (Phi) is 4.35. The van der Waals surface area contributed by atoms with Crippen molar-refractivity contribution in [2.45, 2.75) is 18.9 Å². The van der Waals surface area contributed by atoms with Crippen LogP contribution in [-0.4, -0.2) is 12.5 Å². The number of benzene rings is 1. The molecular formula is C15H18N2OS. The first-order chi connectivity index (χ1) is 9.14. The van der Waals surface area contributed by atoms with E-state index in [0.29, 0.717) is 0 Å². The van der Waals surface area contributed by atoms with Gasteiger partial charge in [-0.25, -0.2) is 0 Å². The molecule has 0 saturated heterocycles. The fraction of sp³-hybridized carbons (Fsp3) is 0.267. The molecule has 3 nitrogen and oxygen atoms in total. The van der Waals surface area contributed by atoms with E-state index in [1.54, 1.807) is 11.3 Å². The van der Waals surface area contributed by atoms with Gasteiger partial charge in [-0.2, -0.15) is 0 Å². The number of carbonyl (C=O) groups is 1. The molecule has 4 heteroatoms. The van der Waals surface area contributed by atoms with E-state index in [2.05, 4.69) is 17.4 Å². The van der Waals surface area contributed by atoms with Crippen molar-refractivity contribution in [1.82, 2.24) is 5.32 Å². The molecule has 0 radical (unpaired) electrons. The molecule has 0 aliphatic carbocycles. The summed E-state index contributed by atoms with van der Waals surface area (Å²) >= 11 is 1.65. The zero-order chi connectivity index (χ0) is 13.7. The second-order valence-corrected chi connectivity index (χ2v) is 5.67. The monoisotopic (exact) mass is 274 g/mol. The first-order valence-electron chi connectivity index (χ1n) is 6.23. The summed E-state index contributed by atoms with van der Waals surface area (Å²) in [6.07, 6.45) is 0.750. The molecule has 1 heterocycles. The highest BCUT2D eigenvalue weighted by Gasteiger charge is 2.29. The summed E-state index contributed by atoms with van der Waals surface area (Å²) in [4.78, 5) is 12.8. The number of thiophene rings is 1. The van der Waals surface area contributed by atoms with Crippen LogP contribution in [0.1, 0.15) is 17.4 Å². The van der Waals surface area contributed by atoms with Crippen molar-refractivity contribution in [2.75, 3.05) is 6.54 Å². The maximum Gasteiger partial charge on any atom is 0.234 e. The van der Waals surface area contributed by atoms with E-state index < -0.39 is 5.54 Å². The summed E-state index contributed by atoms with van der Waals surface area (Å²) in [6.45, 7) is 2.05. The van der Waals surface area contributed by atoms with Gasteiger partial charge in [-0.3, -0.25) is 4.79 Å². The van der Waals surface area contributed by atoms with Crippen LogP contribution in [0.4, 0.5) is 0 Å². The van der Waals surface area contributed by atoms with E-state index in [1.165, 1.54) is 5.56 Å². The van der Waals surface area contributed by atoms with Crippen molar-refractivity contribution in [3.63, 3.8) is 0 Å². The van der Waals surface area contributed by atoms with E-state index in [1.807, 2.05) is 42.6 Å². The van der Waals surface area contributed by atoms with Gasteiger partial charge in [0, 0.05) is 11.3 Å². The number of hydrogen-bond donors (Lipinski definition) is 2. The Morgan fingerprint density at radius 1 is 1.26 bits per heavy atom. The van der Waals surface area contributed by atoms with Crippen LogP contribution in [0, 0.1) is 0 Å². The van der Waals surface area contributed by atoms with Gasteiger partial charge in [-0.15, -0.1) is 11.3 Å². The Morgan fingerprint density at radius 3 is 2.58 bits per heavy atom. The molecule has 19 heavy (non-hydrogen) atoms. The van der Waals surface area contributed by atoms with E-state index in [9.17, 15) is 4.79 Å². The lowest BCUT2D eigenvalue weighted by Gasteiger charge is -2.30. The van der Waals surface area contributed by atoms with Crippen LogP contribution in [0.5, 0.6) is 0 Å². The maximum atomic E-state index is 11.7. The minimum Gasteiger partial charge on any atom is -0.345 e. The van der Waals surface area contributed by atoms with Crippen LogP contribution in [-0.2, 0) is 16.8 Å². The van der Waals surface area contributed by atoms with E-state index in [-0.39, 0.29) is 12.5 Å². The Balaban J connectivity index is 2.27. The van der Waals surface area contributed by atoms with Gasteiger partial charge in [0.15, 0.2) is 0 Å². The molecule has 0 saturated carbocycles. The third kappa shape index (κ3) is 3.43. The average molecular weight is 274 g/mol. The fourth-order valence-electron chi connectivity index (χ4n) is 2.15. The normalized spacial score (nSPS) is 13.8. The van der Waals surface area contributed by atoms with Gasteiger partial charge in [0.05, 0.1) is 12.1 Å². The van der Waals surface area contributed by atoms with Gasteiger partial charge in [0.25, 0.3) is 0 Å². The molecule has 0 spiro atoms. The van der Waals surface area contributed by atoms with Crippen LogP contribution in [0.2, 0.25) is 0 Å². The van der Waals surface area contributed by atoms with Gasteiger partial charge >= 0.3 is 0 Å². The smallest absolute Gasteiger partial charge is 0.234 e.